The van der Waals surface area contributed by atoms with Crippen molar-refractivity contribution in [3.8, 4) is 0 Å². The number of likely N-dealkylation sites (tertiary alicyclic amines) is 1. The number of allylic oxidation sites excluding steroid dienone is 1. The van der Waals surface area contributed by atoms with Crippen molar-refractivity contribution in [2.45, 2.75) is 62.8 Å². The molecule has 8 nitrogen and oxygen atoms in total. The summed E-state index contributed by atoms with van der Waals surface area (Å²) in [6.45, 7) is 3.00. The number of ether oxygens (including phenoxy) is 2. The first kappa shape index (κ1) is 25.7. The zero-order valence-corrected chi connectivity index (χ0v) is 21.3. The first-order valence-electron chi connectivity index (χ1n) is 13.5. The van der Waals surface area contributed by atoms with E-state index in [1.807, 2.05) is 54.6 Å². The Bertz CT molecular complexity index is 1070. The lowest BCUT2D eigenvalue weighted by atomic mass is 9.78. The number of hydrogen-bond donors (Lipinski definition) is 1. The van der Waals surface area contributed by atoms with Gasteiger partial charge >= 0.3 is 5.97 Å². The Balaban J connectivity index is 1.62. The summed E-state index contributed by atoms with van der Waals surface area (Å²) in [5, 5.41) is 10.5. The summed E-state index contributed by atoms with van der Waals surface area (Å²) in [6.07, 6.45) is 11.2. The second kappa shape index (κ2) is 10.8. The Kier molecular flexibility index (Phi) is 7.49. The summed E-state index contributed by atoms with van der Waals surface area (Å²) in [4.78, 5) is 45.1. The highest BCUT2D eigenvalue weighted by molar-refractivity contribution is 5.99. The Morgan fingerprint density at radius 2 is 1.92 bits per heavy atom. The predicted octanol–water partition coefficient (Wildman–Crippen LogP) is 2.78. The van der Waals surface area contributed by atoms with Crippen molar-refractivity contribution in [3.63, 3.8) is 0 Å². The maximum absolute atomic E-state index is 14.3. The standard InChI is InChI=1S/C29H36N2O6/c1-2-3-9-16-30-17-11-15-29-24(23-22(37-29)14-8-5-10-18-36-28(23)35)26(33)31(25(29)27(30)34)21(19-32)20-12-6-4-7-13-20/h4,6-8,11-15,21-25,32H,2-3,5,9-10,16-19H2,1H3/b14-8-/t21-,22+,23-,24+,25?,29+/m1/s1. The third-order valence-corrected chi connectivity index (χ3v) is 8.10. The van der Waals surface area contributed by atoms with Gasteiger partial charge in [0.25, 0.3) is 0 Å². The van der Waals surface area contributed by atoms with E-state index >= 15 is 0 Å². The molecule has 6 atom stereocenters. The number of hydrogen-bond acceptors (Lipinski definition) is 6. The first-order chi connectivity index (χ1) is 18.0. The number of nitrogens with zero attached hydrogens (tertiary/aromatic N) is 2. The molecule has 0 aliphatic carbocycles. The lowest BCUT2D eigenvalue weighted by molar-refractivity contribution is -0.156. The number of carbonyl (C=O) groups is 3. The number of amides is 2. The molecule has 4 heterocycles. The molecule has 1 N–H and O–H groups in total. The number of unbranched alkanes of at least 4 members (excludes halogenated alkanes) is 2. The zero-order valence-electron chi connectivity index (χ0n) is 21.3. The Morgan fingerprint density at radius 3 is 2.68 bits per heavy atom. The molecule has 2 fully saturated rings. The summed E-state index contributed by atoms with van der Waals surface area (Å²) < 4.78 is 12.2. The average molecular weight is 509 g/mol. The van der Waals surface area contributed by atoms with E-state index in [-0.39, 0.29) is 25.0 Å². The van der Waals surface area contributed by atoms with E-state index < -0.39 is 41.6 Å². The van der Waals surface area contributed by atoms with E-state index in [1.165, 1.54) is 4.90 Å². The number of fused-ring (bicyclic) bond motifs is 2. The van der Waals surface area contributed by atoms with E-state index in [0.29, 0.717) is 19.5 Å². The van der Waals surface area contributed by atoms with Crippen LogP contribution in [0.15, 0.2) is 54.6 Å². The molecule has 0 aromatic heterocycles. The van der Waals surface area contributed by atoms with E-state index in [1.54, 1.807) is 4.90 Å². The first-order valence-corrected chi connectivity index (χ1v) is 13.5. The molecular formula is C29H36N2O6. The van der Waals surface area contributed by atoms with Crippen LogP contribution in [0.25, 0.3) is 0 Å². The van der Waals surface area contributed by atoms with Crippen LogP contribution in [-0.4, -0.2) is 76.7 Å². The van der Waals surface area contributed by atoms with Crippen molar-refractivity contribution in [2.75, 3.05) is 26.3 Å². The van der Waals surface area contributed by atoms with Crippen molar-refractivity contribution < 1.29 is 29.0 Å². The molecule has 37 heavy (non-hydrogen) atoms. The topological polar surface area (TPSA) is 96.4 Å². The van der Waals surface area contributed by atoms with Crippen molar-refractivity contribution in [2.24, 2.45) is 11.8 Å². The van der Waals surface area contributed by atoms with Gasteiger partial charge < -0.3 is 24.4 Å². The van der Waals surface area contributed by atoms with Crippen LogP contribution in [0.5, 0.6) is 0 Å². The van der Waals surface area contributed by atoms with E-state index in [0.717, 1.165) is 31.2 Å². The van der Waals surface area contributed by atoms with Crippen LogP contribution < -0.4 is 0 Å². The smallest absolute Gasteiger partial charge is 0.312 e. The van der Waals surface area contributed by atoms with Gasteiger partial charge in [-0.15, -0.1) is 0 Å². The second-order valence-corrected chi connectivity index (χ2v) is 10.3. The molecule has 2 amide bonds. The van der Waals surface area contributed by atoms with Crippen LogP contribution in [-0.2, 0) is 23.9 Å². The van der Waals surface area contributed by atoms with Gasteiger partial charge in [0, 0.05) is 13.1 Å². The van der Waals surface area contributed by atoms with Gasteiger partial charge in [-0.1, -0.05) is 74.4 Å². The summed E-state index contributed by atoms with van der Waals surface area (Å²) in [5.41, 5.74) is -0.603. The highest BCUT2D eigenvalue weighted by Crippen LogP contribution is 2.54. The van der Waals surface area contributed by atoms with Gasteiger partial charge in [0.05, 0.1) is 31.3 Å². The van der Waals surface area contributed by atoms with Gasteiger partial charge in [-0.05, 0) is 24.8 Å². The molecule has 4 aliphatic rings. The number of aliphatic hydroxyl groups excluding tert-OH is 1. The minimum atomic E-state index is -1.33. The fourth-order valence-electron chi connectivity index (χ4n) is 6.36. The molecule has 4 aliphatic heterocycles. The SMILES string of the molecule is CCCCCN1CC=C[C@]23O[C@H]4/C=C\CCCOC(=O)[C@H]4[C@H]2C(=O)N([C@H](CO)c2ccccc2)C3C1=O. The third-order valence-electron chi connectivity index (χ3n) is 8.10. The molecule has 0 bridgehead atoms. The highest BCUT2D eigenvalue weighted by Gasteiger charge is 2.72. The monoisotopic (exact) mass is 508 g/mol. The van der Waals surface area contributed by atoms with Gasteiger partial charge in [0.1, 0.15) is 17.6 Å². The fourth-order valence-corrected chi connectivity index (χ4v) is 6.36. The summed E-state index contributed by atoms with van der Waals surface area (Å²) in [5.74, 6) is -2.84. The van der Waals surface area contributed by atoms with Crippen LogP contribution in [0.2, 0.25) is 0 Å². The predicted molar refractivity (Wildman–Crippen MR) is 136 cm³/mol. The molecular weight excluding hydrogens is 472 g/mol. The number of rotatable bonds is 7. The van der Waals surface area contributed by atoms with Gasteiger partial charge in [-0.3, -0.25) is 14.4 Å². The van der Waals surface area contributed by atoms with E-state index in [4.69, 9.17) is 9.47 Å². The molecule has 0 radical (unpaired) electrons. The van der Waals surface area contributed by atoms with Crippen LogP contribution >= 0.6 is 0 Å². The molecule has 2 saturated heterocycles. The molecule has 198 valence electrons. The molecule has 8 heteroatoms. The second-order valence-electron chi connectivity index (χ2n) is 10.3. The molecule has 1 aromatic carbocycles. The minimum absolute atomic E-state index is 0.213. The van der Waals surface area contributed by atoms with Crippen LogP contribution in [0.1, 0.15) is 50.6 Å². The normalized spacial score (nSPS) is 33.0. The fraction of sp³-hybridized carbons (Fsp3) is 0.552. The molecule has 1 spiro atoms. The summed E-state index contributed by atoms with van der Waals surface area (Å²) in [7, 11) is 0. The Labute approximate surface area is 217 Å². The van der Waals surface area contributed by atoms with Gasteiger partial charge in [0.15, 0.2) is 0 Å². The average Bonchev–Trinajstić information content (AvgIpc) is 3.32. The van der Waals surface area contributed by atoms with Gasteiger partial charge in [-0.25, -0.2) is 0 Å². The van der Waals surface area contributed by atoms with Crippen molar-refractivity contribution in [1.29, 1.82) is 0 Å². The Hall–Kier alpha value is -2.97. The number of aliphatic hydroxyl groups is 1. The van der Waals surface area contributed by atoms with E-state index in [9.17, 15) is 19.5 Å². The van der Waals surface area contributed by atoms with E-state index in [2.05, 4.69) is 6.92 Å². The molecule has 5 rings (SSSR count). The quantitative estimate of drug-likeness (QED) is 0.346. The molecule has 0 saturated carbocycles. The number of cyclic esters (lactones) is 1. The van der Waals surface area contributed by atoms with Gasteiger partial charge in [0.2, 0.25) is 11.8 Å². The lowest BCUT2D eigenvalue weighted by Gasteiger charge is -2.38. The minimum Gasteiger partial charge on any atom is -0.465 e. The maximum Gasteiger partial charge on any atom is 0.312 e. The molecule has 1 unspecified atom stereocenters. The summed E-state index contributed by atoms with van der Waals surface area (Å²) >= 11 is 0. The highest BCUT2D eigenvalue weighted by atomic mass is 16.6. The number of benzene rings is 1. The van der Waals surface area contributed by atoms with Crippen molar-refractivity contribution in [1.82, 2.24) is 9.80 Å². The van der Waals surface area contributed by atoms with Crippen molar-refractivity contribution in [3.05, 3.63) is 60.2 Å². The van der Waals surface area contributed by atoms with Crippen LogP contribution in [0.4, 0.5) is 0 Å². The zero-order chi connectivity index (χ0) is 26.0. The summed E-state index contributed by atoms with van der Waals surface area (Å²) in [6, 6.07) is 7.47. The number of esters is 1. The van der Waals surface area contributed by atoms with Crippen LogP contribution in [0.3, 0.4) is 0 Å². The number of carbonyl (C=O) groups excluding carboxylic acids is 3. The lowest BCUT2D eigenvalue weighted by Crippen LogP contribution is -2.56. The van der Waals surface area contributed by atoms with Crippen molar-refractivity contribution >= 4 is 17.8 Å². The van der Waals surface area contributed by atoms with Crippen LogP contribution in [0, 0.1) is 11.8 Å². The molecule has 1 aromatic rings. The Morgan fingerprint density at radius 1 is 1.11 bits per heavy atom. The van der Waals surface area contributed by atoms with Gasteiger partial charge in [-0.2, -0.15) is 0 Å². The maximum atomic E-state index is 14.3. The third kappa shape index (κ3) is 4.40. The largest absolute Gasteiger partial charge is 0.465 e.